The molecule has 0 radical (unpaired) electrons. The van der Waals surface area contributed by atoms with Gasteiger partial charge in [0.2, 0.25) is 0 Å². The van der Waals surface area contributed by atoms with Gasteiger partial charge in [-0.2, -0.15) is 0 Å². The molecule has 1 nitrogen and oxygen atoms in total. The Morgan fingerprint density at radius 3 is 0.565 bits per heavy atom. The van der Waals surface area contributed by atoms with E-state index in [-0.39, 0.29) is 50.2 Å². The molecule has 0 N–H and O–H groups in total. The Morgan fingerprint density at radius 2 is 0.435 bits per heavy atom. The third kappa shape index (κ3) is 14.6. The summed E-state index contributed by atoms with van der Waals surface area (Å²) in [5, 5.41) is 0. The second-order valence-corrected chi connectivity index (χ2v) is 23.2. The van der Waals surface area contributed by atoms with Crippen molar-refractivity contribution in [1.82, 2.24) is 0 Å². The molecule has 0 unspecified atom stereocenters. The van der Waals surface area contributed by atoms with E-state index >= 15 is 0 Å². The normalized spacial score (nSPS) is 26.5. The van der Waals surface area contributed by atoms with Gasteiger partial charge in [0.25, 0.3) is 0 Å². The van der Waals surface area contributed by atoms with E-state index in [2.05, 4.69) is 0 Å². The summed E-state index contributed by atoms with van der Waals surface area (Å²) < 4.78 is 4.94. The van der Waals surface area contributed by atoms with Gasteiger partial charge in [-0.1, -0.05) is 38.5 Å². The van der Waals surface area contributed by atoms with Gasteiger partial charge in [0.1, 0.15) is 0 Å². The molecule has 7 rings (SSSR count). The van der Waals surface area contributed by atoms with Gasteiger partial charge in [0.05, 0.1) is 34.0 Å². The molecule has 7 fully saturated rings. The smallest absolute Gasteiger partial charge is 0.381 e. The summed E-state index contributed by atoms with van der Waals surface area (Å²) in [5.41, 5.74) is 7.36. The molecule has 1 aliphatic heterocycles. The first kappa shape index (κ1) is 43.6. The third-order valence-electron chi connectivity index (χ3n) is 13.3. The van der Waals surface area contributed by atoms with Crippen LogP contribution in [-0.2, 0) is 24.2 Å². The Labute approximate surface area is 306 Å². The Bertz CT molecular complexity index is 533. The minimum atomic E-state index is -0.0465. The van der Waals surface area contributed by atoms with Gasteiger partial charge < -0.3 is 19.6 Å². The molecular weight excluding hydrogens is 683 g/mol. The fraction of sp³-hybridized carbons (Fsp3) is 0.952. The summed E-state index contributed by atoms with van der Waals surface area (Å²) in [6.45, 7) is 2.00. The van der Waals surface area contributed by atoms with Crippen molar-refractivity contribution >= 4 is 15.8 Å². The molecule has 4 heteroatoms. The van der Waals surface area contributed by atoms with Crippen molar-refractivity contribution in [1.29, 1.82) is 0 Å². The molecule has 0 spiro atoms. The van der Waals surface area contributed by atoms with Crippen molar-refractivity contribution < 1.29 is 24.2 Å². The van der Waals surface area contributed by atoms with Gasteiger partial charge >= 0.3 is 19.5 Å². The van der Waals surface area contributed by atoms with E-state index in [1.165, 1.54) is 46.8 Å². The van der Waals surface area contributed by atoms with Crippen LogP contribution in [0.1, 0.15) is 205 Å². The van der Waals surface area contributed by atoms with Crippen LogP contribution in [-0.4, -0.2) is 47.2 Å². The van der Waals surface area contributed by atoms with Crippen LogP contribution in [0, 0.1) is 14.9 Å². The average molecular weight is 766 g/mol. The SMILES string of the molecule is C1CCC([PH+](C2CCCCC2)C2CCCCC2)CC1.C1CCC([PH+](C2CCCCC2)C2CCCCC2)CC1.C1CCOC1.[CH3-].[CH3-].[Ru+2]. The van der Waals surface area contributed by atoms with Gasteiger partial charge in [-0.05, 0) is 167 Å². The Balaban J connectivity index is 0.000000263. The molecule has 0 bridgehead atoms. The fourth-order valence-electron chi connectivity index (χ4n) is 11.1. The molecule has 0 atom stereocenters. The molecule has 46 heavy (non-hydrogen) atoms. The van der Waals surface area contributed by atoms with Crippen LogP contribution in [0.2, 0.25) is 0 Å². The first-order valence-electron chi connectivity index (χ1n) is 20.7. The van der Waals surface area contributed by atoms with Crippen molar-refractivity contribution in [3.8, 4) is 0 Å². The molecule has 1 heterocycles. The van der Waals surface area contributed by atoms with Crippen LogP contribution in [0.15, 0.2) is 0 Å². The molecule has 6 saturated carbocycles. The third-order valence-corrected chi connectivity index (χ3v) is 22.4. The van der Waals surface area contributed by atoms with Gasteiger partial charge in [-0.25, -0.2) is 0 Å². The second-order valence-electron chi connectivity index (χ2n) is 16.3. The van der Waals surface area contributed by atoms with Crippen LogP contribution in [0.4, 0.5) is 0 Å². The molecule has 0 aromatic carbocycles. The van der Waals surface area contributed by atoms with Crippen molar-refractivity contribution in [3.63, 3.8) is 0 Å². The minimum Gasteiger partial charge on any atom is -0.381 e. The number of hydrogen-bond donors (Lipinski definition) is 0. The number of hydrogen-bond acceptors (Lipinski definition) is 1. The molecule has 7 aliphatic rings. The number of rotatable bonds is 6. The Hall–Kier alpha value is 1.44. The minimum absolute atomic E-state index is 0. The monoisotopic (exact) mass is 766 g/mol. The molecule has 0 aromatic rings. The summed E-state index contributed by atoms with van der Waals surface area (Å²) in [6.07, 6.45) is 50.1. The maximum absolute atomic E-state index is 4.94. The first-order valence-corrected chi connectivity index (χ1v) is 24.2. The van der Waals surface area contributed by atoms with Crippen molar-refractivity contribution in [2.24, 2.45) is 0 Å². The van der Waals surface area contributed by atoms with Gasteiger partial charge in [-0.3, -0.25) is 0 Å². The van der Waals surface area contributed by atoms with Crippen molar-refractivity contribution in [2.75, 3.05) is 13.2 Å². The average Bonchev–Trinajstić information content (AvgIpc) is 3.69. The fourth-order valence-corrected chi connectivity index (χ4v) is 21.6. The van der Waals surface area contributed by atoms with Crippen LogP contribution in [0.5, 0.6) is 0 Å². The largest absolute Gasteiger partial charge is 2.00 e. The standard InChI is InChI=1S/2C18H33P.C4H8O.2CH3.Ru/c2*1-4-10-16(11-5-1)19(17-12-6-2-7-13-17)18-14-8-3-9-15-18;1-2-4-5-3-1;;;/h2*16-18H,1-15H2;1-4H2;2*1H3;/q;;;2*-1;+2/p+2. The maximum atomic E-state index is 4.94. The number of ether oxygens (including phenoxy) is 1. The quantitative estimate of drug-likeness (QED) is 0.149. The van der Waals surface area contributed by atoms with E-state index in [1.54, 1.807) is 193 Å². The molecule has 0 aromatic heterocycles. The van der Waals surface area contributed by atoms with Crippen LogP contribution >= 0.6 is 15.8 Å². The predicted molar refractivity (Wildman–Crippen MR) is 211 cm³/mol. The van der Waals surface area contributed by atoms with Crippen LogP contribution < -0.4 is 0 Å². The maximum Gasteiger partial charge on any atom is 2.00 e. The van der Waals surface area contributed by atoms with Crippen LogP contribution in [0.25, 0.3) is 0 Å². The van der Waals surface area contributed by atoms with E-state index in [0.717, 1.165) is 13.2 Å². The van der Waals surface area contributed by atoms with E-state index < -0.39 is 0 Å². The van der Waals surface area contributed by atoms with Crippen molar-refractivity contribution in [2.45, 2.75) is 239 Å². The van der Waals surface area contributed by atoms with Gasteiger partial charge in [0, 0.05) is 29.1 Å². The zero-order valence-electron chi connectivity index (χ0n) is 31.3. The summed E-state index contributed by atoms with van der Waals surface area (Å²) in [7, 11) is -0.0930. The van der Waals surface area contributed by atoms with Gasteiger partial charge in [-0.15, -0.1) is 0 Å². The van der Waals surface area contributed by atoms with Crippen molar-refractivity contribution in [3.05, 3.63) is 14.9 Å². The predicted octanol–water partition coefficient (Wildman–Crippen LogP) is 14.1. The van der Waals surface area contributed by atoms with E-state index in [0.29, 0.717) is 0 Å². The summed E-state index contributed by atoms with van der Waals surface area (Å²) in [5.74, 6) is 0. The summed E-state index contributed by atoms with van der Waals surface area (Å²) >= 11 is 0. The van der Waals surface area contributed by atoms with Crippen LogP contribution in [0.3, 0.4) is 0 Å². The Kier molecular flexibility index (Phi) is 24.9. The second kappa shape index (κ2) is 26.3. The summed E-state index contributed by atoms with van der Waals surface area (Å²) in [4.78, 5) is 0. The zero-order valence-corrected chi connectivity index (χ0v) is 35.0. The van der Waals surface area contributed by atoms with E-state index in [9.17, 15) is 0 Å². The molecule has 272 valence electrons. The molecule has 6 aliphatic carbocycles. The summed E-state index contributed by atoms with van der Waals surface area (Å²) in [6, 6.07) is 0. The Morgan fingerprint density at radius 1 is 0.261 bits per heavy atom. The van der Waals surface area contributed by atoms with Gasteiger partial charge in [0.15, 0.2) is 0 Å². The molecular formula is C42H82OP2Ru+2. The molecule has 1 saturated heterocycles. The first-order chi connectivity index (χ1) is 21.4. The van der Waals surface area contributed by atoms with E-state index in [1.807, 2.05) is 0 Å². The van der Waals surface area contributed by atoms with E-state index in [4.69, 9.17) is 4.74 Å². The topological polar surface area (TPSA) is 9.23 Å². The zero-order chi connectivity index (χ0) is 29.4. The molecule has 0 amide bonds.